The molecule has 0 aliphatic heterocycles. The molecule has 108 valence electrons. The van der Waals surface area contributed by atoms with Gasteiger partial charge in [0.1, 0.15) is 0 Å². The van der Waals surface area contributed by atoms with E-state index in [1.54, 1.807) is 19.2 Å². The average Bonchev–Trinajstić information content (AvgIpc) is 2.30. The molecule has 0 heterocycles. The molecule has 3 nitrogen and oxygen atoms in total. The zero-order chi connectivity index (χ0) is 14.8. The van der Waals surface area contributed by atoms with E-state index in [4.69, 9.17) is 0 Å². The molecule has 0 bridgehead atoms. The summed E-state index contributed by atoms with van der Waals surface area (Å²) in [6.45, 7) is 4.40. The number of sulfonamides is 1. The first kappa shape index (κ1) is 17.6. The summed E-state index contributed by atoms with van der Waals surface area (Å²) in [5, 5.41) is 0. The summed E-state index contributed by atoms with van der Waals surface area (Å²) in [5.74, 6) is 0. The van der Waals surface area contributed by atoms with E-state index in [-0.39, 0.29) is 4.90 Å². The van der Waals surface area contributed by atoms with Gasteiger partial charge in [-0.2, -0.15) is 0 Å². The number of nitrogens with zero attached hydrogens (tertiary/aromatic N) is 1. The number of alkyl halides is 1. The van der Waals surface area contributed by atoms with Gasteiger partial charge in [0.15, 0.2) is 0 Å². The van der Waals surface area contributed by atoms with Gasteiger partial charge >= 0.3 is 0 Å². The normalized spacial score (nSPS) is 13.8. The van der Waals surface area contributed by atoms with Crippen molar-refractivity contribution in [3.63, 3.8) is 0 Å². The molecule has 1 unspecified atom stereocenters. The summed E-state index contributed by atoms with van der Waals surface area (Å²) >= 11 is 10.1. The molecule has 0 aliphatic rings. The van der Waals surface area contributed by atoms with Crippen LogP contribution < -0.4 is 0 Å². The van der Waals surface area contributed by atoms with Crippen LogP contribution in [0, 0.1) is 6.92 Å². The van der Waals surface area contributed by atoms with Gasteiger partial charge in [0.25, 0.3) is 0 Å². The van der Waals surface area contributed by atoms with Crippen LogP contribution in [0.25, 0.3) is 0 Å². The minimum absolute atomic E-state index is 0.287. The first-order chi connectivity index (χ1) is 8.66. The van der Waals surface area contributed by atoms with E-state index >= 15 is 0 Å². The van der Waals surface area contributed by atoms with Gasteiger partial charge in [-0.1, -0.05) is 38.8 Å². The van der Waals surface area contributed by atoms with E-state index in [0.29, 0.717) is 15.8 Å². The van der Waals surface area contributed by atoms with Crippen molar-refractivity contribution in [2.24, 2.45) is 0 Å². The minimum atomic E-state index is -3.47. The molecule has 0 saturated carbocycles. The van der Waals surface area contributed by atoms with E-state index in [0.717, 1.165) is 16.5 Å². The Labute approximate surface area is 140 Å². The van der Waals surface area contributed by atoms with Crippen molar-refractivity contribution in [3.8, 4) is 0 Å². The van der Waals surface area contributed by atoms with Crippen LogP contribution >= 0.6 is 47.8 Å². The molecule has 1 aromatic rings. The Balaban J connectivity index is 3.10. The Morgan fingerprint density at radius 3 is 2.37 bits per heavy atom. The summed E-state index contributed by atoms with van der Waals surface area (Å²) in [7, 11) is -1.87. The number of hydrogen-bond acceptors (Lipinski definition) is 2. The Morgan fingerprint density at radius 1 is 1.26 bits per heavy atom. The zero-order valence-electron chi connectivity index (χ0n) is 11.0. The van der Waals surface area contributed by atoms with Crippen molar-refractivity contribution in [1.29, 1.82) is 0 Å². The lowest BCUT2D eigenvalue weighted by Gasteiger charge is -2.19. The minimum Gasteiger partial charge on any atom is -0.207 e. The number of halogens is 3. The summed E-state index contributed by atoms with van der Waals surface area (Å²) < 4.78 is 27.7. The Hall–Kier alpha value is 0.570. The molecule has 7 heteroatoms. The van der Waals surface area contributed by atoms with Crippen LogP contribution in [0.2, 0.25) is 0 Å². The first-order valence-corrected chi connectivity index (χ1v) is 9.66. The summed E-state index contributed by atoms with van der Waals surface area (Å²) in [6.07, 6.45) is 0.764. The van der Waals surface area contributed by atoms with Gasteiger partial charge < -0.3 is 0 Å². The highest BCUT2D eigenvalue weighted by Gasteiger charge is 2.24. The van der Waals surface area contributed by atoms with Crippen molar-refractivity contribution in [2.75, 3.05) is 13.6 Å². The van der Waals surface area contributed by atoms with Crippen molar-refractivity contribution in [2.45, 2.75) is 30.0 Å². The van der Waals surface area contributed by atoms with Crippen LogP contribution in [0.5, 0.6) is 0 Å². The molecular weight excluding hydrogens is 462 g/mol. The van der Waals surface area contributed by atoms with Crippen molar-refractivity contribution < 1.29 is 8.42 Å². The van der Waals surface area contributed by atoms with E-state index in [1.807, 2.05) is 13.8 Å². The maximum absolute atomic E-state index is 12.5. The second-order valence-corrected chi connectivity index (χ2v) is 9.71. The first-order valence-electron chi connectivity index (χ1n) is 5.72. The molecule has 1 atom stereocenters. The maximum atomic E-state index is 12.5. The van der Waals surface area contributed by atoms with Gasteiger partial charge in [-0.3, -0.25) is 0 Å². The van der Waals surface area contributed by atoms with Crippen LogP contribution in [0.15, 0.2) is 26.0 Å². The Bertz CT molecular complexity index is 558. The van der Waals surface area contributed by atoms with Gasteiger partial charge in [0.05, 0.1) is 4.90 Å². The van der Waals surface area contributed by atoms with Crippen molar-refractivity contribution >= 4 is 57.8 Å². The van der Waals surface area contributed by atoms with Gasteiger partial charge in [-0.25, -0.2) is 12.7 Å². The predicted molar refractivity (Wildman–Crippen MR) is 89.4 cm³/mol. The van der Waals surface area contributed by atoms with Gasteiger partial charge in [0, 0.05) is 27.4 Å². The fraction of sp³-hybridized carbons (Fsp3) is 0.500. The third-order valence-corrected chi connectivity index (χ3v) is 6.87. The summed E-state index contributed by atoms with van der Waals surface area (Å²) in [5.41, 5.74) is 0.988. The van der Waals surface area contributed by atoms with Crippen LogP contribution in [-0.2, 0) is 10.0 Å². The summed E-state index contributed by atoms with van der Waals surface area (Å²) in [4.78, 5) is 0.577. The molecule has 1 rings (SSSR count). The SMILES string of the molecule is Cc1cc(Br)c(S(=O)(=O)N(C)CCC(C)Br)cc1Br. The third-order valence-electron chi connectivity index (χ3n) is 2.74. The summed E-state index contributed by atoms with van der Waals surface area (Å²) in [6, 6.07) is 3.45. The van der Waals surface area contributed by atoms with E-state index in [2.05, 4.69) is 47.8 Å². The lowest BCUT2D eigenvalue weighted by Crippen LogP contribution is -2.29. The smallest absolute Gasteiger partial charge is 0.207 e. The van der Waals surface area contributed by atoms with E-state index < -0.39 is 10.0 Å². The molecule has 0 fully saturated rings. The molecule has 0 amide bonds. The van der Waals surface area contributed by atoms with E-state index in [9.17, 15) is 8.42 Å². The number of benzene rings is 1. The van der Waals surface area contributed by atoms with Crippen molar-refractivity contribution in [3.05, 3.63) is 26.6 Å². The number of rotatable bonds is 5. The van der Waals surface area contributed by atoms with Crippen LogP contribution in [0.1, 0.15) is 18.9 Å². The van der Waals surface area contributed by atoms with Crippen LogP contribution in [-0.4, -0.2) is 31.1 Å². The van der Waals surface area contributed by atoms with Crippen LogP contribution in [0.4, 0.5) is 0 Å². The van der Waals surface area contributed by atoms with Gasteiger partial charge in [-0.15, -0.1) is 0 Å². The topological polar surface area (TPSA) is 37.4 Å². The zero-order valence-corrected chi connectivity index (χ0v) is 16.5. The van der Waals surface area contributed by atoms with Crippen molar-refractivity contribution in [1.82, 2.24) is 4.31 Å². The maximum Gasteiger partial charge on any atom is 0.243 e. The lowest BCUT2D eigenvalue weighted by atomic mass is 10.2. The van der Waals surface area contributed by atoms with Crippen LogP contribution in [0.3, 0.4) is 0 Å². The second-order valence-electron chi connectivity index (χ2n) is 4.43. The molecule has 0 aliphatic carbocycles. The van der Waals surface area contributed by atoms with Gasteiger partial charge in [0.2, 0.25) is 10.0 Å². The highest BCUT2D eigenvalue weighted by molar-refractivity contribution is 9.11. The second kappa shape index (κ2) is 7.02. The Kier molecular flexibility index (Phi) is 6.51. The molecule has 0 saturated heterocycles. The molecule has 0 aromatic heterocycles. The fourth-order valence-corrected chi connectivity index (χ4v) is 4.50. The molecule has 0 radical (unpaired) electrons. The quantitative estimate of drug-likeness (QED) is 0.592. The standard InChI is InChI=1S/C12H16Br3NO2S/c1-8-6-11(15)12(7-10(8)14)19(17,18)16(3)5-4-9(2)13/h6-7,9H,4-5H2,1-3H3. The molecular formula is C12H16Br3NO2S. The highest BCUT2D eigenvalue weighted by Crippen LogP contribution is 2.30. The third kappa shape index (κ3) is 4.52. The number of aryl methyl sites for hydroxylation is 1. The predicted octanol–water partition coefficient (Wildman–Crippen LogP) is 4.31. The van der Waals surface area contributed by atoms with Gasteiger partial charge in [-0.05, 0) is 47.0 Å². The highest BCUT2D eigenvalue weighted by atomic mass is 79.9. The molecule has 1 aromatic carbocycles. The Morgan fingerprint density at radius 2 is 1.84 bits per heavy atom. The monoisotopic (exact) mass is 475 g/mol. The average molecular weight is 478 g/mol. The molecule has 19 heavy (non-hydrogen) atoms. The molecule has 0 N–H and O–H groups in total. The lowest BCUT2D eigenvalue weighted by molar-refractivity contribution is 0.461. The number of hydrogen-bond donors (Lipinski definition) is 0. The largest absolute Gasteiger partial charge is 0.243 e. The van der Waals surface area contributed by atoms with E-state index in [1.165, 1.54) is 4.31 Å². The fourth-order valence-electron chi connectivity index (χ4n) is 1.47. The molecule has 0 spiro atoms.